The Morgan fingerprint density at radius 3 is 2.41 bits per heavy atom. The third kappa shape index (κ3) is 4.23. The van der Waals surface area contributed by atoms with Crippen LogP contribution in [0.1, 0.15) is 27.3 Å². The summed E-state index contributed by atoms with van der Waals surface area (Å²) in [5, 5.41) is 7.45. The van der Waals surface area contributed by atoms with E-state index in [0.717, 1.165) is 26.9 Å². The van der Waals surface area contributed by atoms with E-state index < -0.39 is 10.0 Å². The number of nitrogens with one attached hydrogen (secondary N) is 1. The van der Waals surface area contributed by atoms with Crippen molar-refractivity contribution in [2.45, 2.75) is 25.3 Å². The number of nitrogens with zero attached hydrogens (tertiary/aromatic N) is 3. The molecule has 0 aliphatic rings. The summed E-state index contributed by atoms with van der Waals surface area (Å²) >= 11 is 0. The summed E-state index contributed by atoms with van der Waals surface area (Å²) in [7, 11) is -0.688. The molecular formula is C21H24N4O3S. The molecule has 0 aliphatic heterocycles. The molecule has 0 bridgehead atoms. The number of carbonyl (C=O) groups excluding carboxylic acids is 1. The highest BCUT2D eigenvalue weighted by Gasteiger charge is 2.19. The second-order valence-corrected chi connectivity index (χ2v) is 9.05. The Balaban J connectivity index is 1.80. The highest BCUT2D eigenvalue weighted by molar-refractivity contribution is 7.89. The molecule has 2 aromatic carbocycles. The second-order valence-electron chi connectivity index (χ2n) is 6.89. The first-order chi connectivity index (χ1) is 13.7. The van der Waals surface area contributed by atoms with Crippen LogP contribution in [0.3, 0.4) is 0 Å². The predicted molar refractivity (Wildman–Crippen MR) is 112 cm³/mol. The molecule has 3 rings (SSSR count). The molecule has 1 N–H and O–H groups in total. The van der Waals surface area contributed by atoms with Crippen molar-refractivity contribution in [3.63, 3.8) is 0 Å². The van der Waals surface area contributed by atoms with Crippen LogP contribution < -0.4 is 5.32 Å². The quantitative estimate of drug-likeness (QED) is 0.675. The van der Waals surface area contributed by atoms with E-state index >= 15 is 0 Å². The second kappa shape index (κ2) is 8.18. The summed E-state index contributed by atoms with van der Waals surface area (Å²) in [5.74, 6) is -0.341. The van der Waals surface area contributed by atoms with E-state index in [1.807, 2.05) is 48.9 Å². The Kier molecular flexibility index (Phi) is 5.86. The van der Waals surface area contributed by atoms with Gasteiger partial charge in [0.05, 0.1) is 16.3 Å². The topological polar surface area (TPSA) is 84.3 Å². The lowest BCUT2D eigenvalue weighted by molar-refractivity contribution is 0.0950. The lowest BCUT2D eigenvalue weighted by Gasteiger charge is -2.12. The van der Waals surface area contributed by atoms with Gasteiger partial charge in [-0.05, 0) is 44.2 Å². The molecule has 0 atom stereocenters. The number of rotatable bonds is 6. The SMILES string of the molecule is Cc1nn(-c2ccccc2)c(C)c1CNC(=O)c1cccc(S(=O)(=O)N(C)C)c1. The fraction of sp³-hybridized carbons (Fsp3) is 0.238. The van der Waals surface area contributed by atoms with Crippen LogP contribution in [0.2, 0.25) is 0 Å². The number of hydrogen-bond acceptors (Lipinski definition) is 4. The van der Waals surface area contributed by atoms with Crippen LogP contribution in [0.15, 0.2) is 59.5 Å². The van der Waals surface area contributed by atoms with E-state index in [1.165, 1.54) is 26.2 Å². The van der Waals surface area contributed by atoms with Crippen LogP contribution in [-0.2, 0) is 16.6 Å². The third-order valence-electron chi connectivity index (χ3n) is 4.74. The van der Waals surface area contributed by atoms with Gasteiger partial charge in [0.1, 0.15) is 0 Å². The molecule has 0 aliphatic carbocycles. The Bertz CT molecular complexity index is 1140. The maximum absolute atomic E-state index is 12.6. The molecule has 1 aromatic heterocycles. The van der Waals surface area contributed by atoms with Crippen molar-refractivity contribution in [1.29, 1.82) is 0 Å². The van der Waals surface area contributed by atoms with E-state index in [-0.39, 0.29) is 10.8 Å². The van der Waals surface area contributed by atoms with Crippen molar-refractivity contribution in [2.24, 2.45) is 0 Å². The number of amides is 1. The Hall–Kier alpha value is -2.97. The van der Waals surface area contributed by atoms with Gasteiger partial charge in [-0.15, -0.1) is 0 Å². The lowest BCUT2D eigenvalue weighted by Crippen LogP contribution is -2.25. The van der Waals surface area contributed by atoms with Gasteiger partial charge >= 0.3 is 0 Å². The van der Waals surface area contributed by atoms with Crippen molar-refractivity contribution in [3.05, 3.63) is 77.1 Å². The lowest BCUT2D eigenvalue weighted by atomic mass is 10.1. The van der Waals surface area contributed by atoms with E-state index in [1.54, 1.807) is 12.1 Å². The van der Waals surface area contributed by atoms with Crippen LogP contribution in [0, 0.1) is 13.8 Å². The van der Waals surface area contributed by atoms with Gasteiger partial charge < -0.3 is 5.32 Å². The smallest absolute Gasteiger partial charge is 0.251 e. The molecule has 0 radical (unpaired) electrons. The summed E-state index contributed by atoms with van der Waals surface area (Å²) in [6.07, 6.45) is 0. The highest BCUT2D eigenvalue weighted by atomic mass is 32.2. The molecule has 152 valence electrons. The minimum atomic E-state index is -3.60. The van der Waals surface area contributed by atoms with Gasteiger partial charge in [0.2, 0.25) is 10.0 Å². The Morgan fingerprint density at radius 1 is 1.07 bits per heavy atom. The van der Waals surface area contributed by atoms with Crippen molar-refractivity contribution < 1.29 is 13.2 Å². The van der Waals surface area contributed by atoms with Gasteiger partial charge in [0.15, 0.2) is 0 Å². The number of aromatic nitrogens is 2. The van der Waals surface area contributed by atoms with Crippen LogP contribution in [0.5, 0.6) is 0 Å². The minimum Gasteiger partial charge on any atom is -0.348 e. The molecule has 0 unspecified atom stereocenters. The zero-order valence-electron chi connectivity index (χ0n) is 16.9. The van der Waals surface area contributed by atoms with E-state index in [4.69, 9.17) is 0 Å². The van der Waals surface area contributed by atoms with Crippen molar-refractivity contribution >= 4 is 15.9 Å². The largest absolute Gasteiger partial charge is 0.348 e. The molecule has 0 saturated carbocycles. The van der Waals surface area contributed by atoms with Gasteiger partial charge in [-0.2, -0.15) is 5.10 Å². The molecule has 8 heteroatoms. The fourth-order valence-electron chi connectivity index (χ4n) is 3.03. The molecule has 7 nitrogen and oxygen atoms in total. The van der Waals surface area contributed by atoms with Gasteiger partial charge in [-0.1, -0.05) is 24.3 Å². The van der Waals surface area contributed by atoms with E-state index in [0.29, 0.717) is 12.1 Å². The predicted octanol–water partition coefficient (Wildman–Crippen LogP) is 2.67. The summed E-state index contributed by atoms with van der Waals surface area (Å²) in [6.45, 7) is 4.16. The standard InChI is InChI=1S/C21H24N4O3S/c1-15-20(16(2)25(23-15)18-10-6-5-7-11-18)14-22-21(26)17-9-8-12-19(13-17)29(27,28)24(3)4/h5-13H,14H2,1-4H3,(H,22,26). The maximum Gasteiger partial charge on any atom is 0.251 e. The van der Waals surface area contributed by atoms with Crippen LogP contribution in [0.25, 0.3) is 5.69 Å². The molecule has 0 fully saturated rings. The Morgan fingerprint density at radius 2 is 1.76 bits per heavy atom. The van der Waals surface area contributed by atoms with Crippen molar-refractivity contribution in [3.8, 4) is 5.69 Å². The first-order valence-electron chi connectivity index (χ1n) is 9.13. The average molecular weight is 413 g/mol. The number of hydrogen-bond donors (Lipinski definition) is 1. The molecule has 29 heavy (non-hydrogen) atoms. The molecule has 1 heterocycles. The van der Waals surface area contributed by atoms with Gasteiger partial charge in [-0.25, -0.2) is 17.4 Å². The van der Waals surface area contributed by atoms with Crippen molar-refractivity contribution in [2.75, 3.05) is 14.1 Å². The monoisotopic (exact) mass is 412 g/mol. The van der Waals surface area contributed by atoms with Crippen LogP contribution >= 0.6 is 0 Å². The van der Waals surface area contributed by atoms with Gasteiger partial charge in [0, 0.05) is 37.5 Å². The molecule has 3 aromatic rings. The number of aryl methyl sites for hydroxylation is 1. The summed E-state index contributed by atoms with van der Waals surface area (Å²) in [5.41, 5.74) is 3.94. The number of benzene rings is 2. The van der Waals surface area contributed by atoms with E-state index in [9.17, 15) is 13.2 Å². The zero-order chi connectivity index (χ0) is 21.2. The van der Waals surface area contributed by atoms with E-state index in [2.05, 4.69) is 10.4 Å². The maximum atomic E-state index is 12.6. The average Bonchev–Trinajstić information content (AvgIpc) is 3.00. The first-order valence-corrected chi connectivity index (χ1v) is 10.6. The van der Waals surface area contributed by atoms with Gasteiger partial charge in [0.25, 0.3) is 5.91 Å². The number of para-hydroxylation sites is 1. The molecular weight excluding hydrogens is 388 g/mol. The highest BCUT2D eigenvalue weighted by Crippen LogP contribution is 2.18. The molecule has 0 saturated heterocycles. The fourth-order valence-corrected chi connectivity index (χ4v) is 3.98. The number of sulfonamides is 1. The zero-order valence-corrected chi connectivity index (χ0v) is 17.7. The summed E-state index contributed by atoms with van der Waals surface area (Å²) in [4.78, 5) is 12.7. The molecule has 1 amide bonds. The summed E-state index contributed by atoms with van der Waals surface area (Å²) < 4.78 is 27.6. The van der Waals surface area contributed by atoms with Crippen molar-refractivity contribution in [1.82, 2.24) is 19.4 Å². The van der Waals surface area contributed by atoms with Gasteiger partial charge in [-0.3, -0.25) is 4.79 Å². The van der Waals surface area contributed by atoms with Crippen LogP contribution in [-0.4, -0.2) is 42.5 Å². The first kappa shape index (κ1) is 20.8. The molecule has 0 spiro atoms. The normalized spacial score (nSPS) is 11.6. The number of carbonyl (C=O) groups is 1. The van der Waals surface area contributed by atoms with Crippen LogP contribution in [0.4, 0.5) is 0 Å². The third-order valence-corrected chi connectivity index (χ3v) is 6.55. The summed E-state index contributed by atoms with van der Waals surface area (Å²) in [6, 6.07) is 15.8. The minimum absolute atomic E-state index is 0.0828. The Labute approximate surface area is 171 Å².